The highest BCUT2D eigenvalue weighted by Gasteiger charge is 2.26. The van der Waals surface area contributed by atoms with Crippen molar-refractivity contribution in [1.29, 1.82) is 0 Å². The number of Topliss-reactive ketones (excluding diaryl/α,β-unsaturated/α-hetero) is 1. The van der Waals surface area contributed by atoms with Crippen LogP contribution in [0.4, 0.5) is 0 Å². The summed E-state index contributed by atoms with van der Waals surface area (Å²) in [7, 11) is 0. The van der Waals surface area contributed by atoms with Gasteiger partial charge in [0.2, 0.25) is 0 Å². The zero-order valence-electron chi connectivity index (χ0n) is 11.0. The van der Waals surface area contributed by atoms with Crippen molar-refractivity contribution in [2.45, 2.75) is 18.9 Å². The van der Waals surface area contributed by atoms with Gasteiger partial charge >= 0.3 is 0 Å². The fraction of sp³-hybridized carbons (Fsp3) is 0.533. The summed E-state index contributed by atoms with van der Waals surface area (Å²) in [6, 6.07) is 9.42. The van der Waals surface area contributed by atoms with Crippen molar-refractivity contribution in [3.8, 4) is 0 Å². The van der Waals surface area contributed by atoms with Crippen molar-refractivity contribution in [1.82, 2.24) is 4.90 Å². The maximum atomic E-state index is 12.3. The third-order valence-corrected chi connectivity index (χ3v) is 3.70. The Balaban J connectivity index is 1.85. The van der Waals surface area contributed by atoms with E-state index in [9.17, 15) is 9.90 Å². The third-order valence-electron chi connectivity index (χ3n) is 3.70. The van der Waals surface area contributed by atoms with Crippen LogP contribution in [0.1, 0.15) is 23.2 Å². The van der Waals surface area contributed by atoms with Gasteiger partial charge in [-0.2, -0.15) is 0 Å². The molecule has 0 radical (unpaired) electrons. The van der Waals surface area contributed by atoms with Gasteiger partial charge < -0.3 is 15.1 Å². The Morgan fingerprint density at radius 3 is 2.47 bits per heavy atom. The van der Waals surface area contributed by atoms with Crippen molar-refractivity contribution in [3.63, 3.8) is 0 Å². The number of nitrogens with zero attached hydrogens (tertiary/aromatic N) is 1. The predicted octanol–water partition coefficient (Wildman–Crippen LogP) is 0.935. The number of hydrogen-bond donors (Lipinski definition) is 2. The van der Waals surface area contributed by atoms with Crippen LogP contribution in [0.25, 0.3) is 0 Å². The van der Waals surface area contributed by atoms with E-state index >= 15 is 0 Å². The summed E-state index contributed by atoms with van der Waals surface area (Å²) in [5, 5.41) is 18.2. The van der Waals surface area contributed by atoms with E-state index in [4.69, 9.17) is 5.11 Å². The van der Waals surface area contributed by atoms with E-state index in [-0.39, 0.29) is 18.3 Å². The van der Waals surface area contributed by atoms with Gasteiger partial charge in [-0.15, -0.1) is 0 Å². The number of rotatable bonds is 5. The number of aliphatic hydroxyl groups is 2. The zero-order valence-corrected chi connectivity index (χ0v) is 11.0. The Morgan fingerprint density at radius 2 is 1.89 bits per heavy atom. The van der Waals surface area contributed by atoms with Gasteiger partial charge in [-0.3, -0.25) is 4.79 Å². The van der Waals surface area contributed by atoms with E-state index in [1.165, 1.54) is 0 Å². The van der Waals surface area contributed by atoms with Gasteiger partial charge in [0.05, 0.1) is 12.7 Å². The molecule has 104 valence electrons. The summed E-state index contributed by atoms with van der Waals surface area (Å²) >= 11 is 0. The molecule has 1 aromatic carbocycles. The van der Waals surface area contributed by atoms with Crippen molar-refractivity contribution < 1.29 is 15.0 Å². The van der Waals surface area contributed by atoms with E-state index in [1.807, 2.05) is 30.3 Å². The summed E-state index contributed by atoms with van der Waals surface area (Å²) in [5.74, 6) is 0.313. The molecule has 4 heteroatoms. The molecule has 1 aliphatic heterocycles. The molecule has 0 unspecified atom stereocenters. The van der Waals surface area contributed by atoms with Crippen LogP contribution in [0.3, 0.4) is 0 Å². The lowest BCUT2D eigenvalue weighted by Gasteiger charge is -2.32. The molecule has 2 rings (SSSR count). The molecule has 1 fully saturated rings. The molecule has 19 heavy (non-hydrogen) atoms. The Morgan fingerprint density at radius 1 is 1.26 bits per heavy atom. The van der Waals surface area contributed by atoms with Crippen LogP contribution < -0.4 is 0 Å². The topological polar surface area (TPSA) is 60.8 Å². The standard InChI is InChI=1S/C15H21NO3/c17-11-14(18)10-16-8-6-13(7-9-16)15(19)12-4-2-1-3-5-12/h1-5,13-14,17-18H,6-11H2/t14-/m1/s1. The van der Waals surface area contributed by atoms with Crippen molar-refractivity contribution in [3.05, 3.63) is 35.9 Å². The highest BCUT2D eigenvalue weighted by molar-refractivity contribution is 5.97. The van der Waals surface area contributed by atoms with E-state index in [1.54, 1.807) is 0 Å². The number of benzene rings is 1. The lowest BCUT2D eigenvalue weighted by atomic mass is 9.89. The fourth-order valence-electron chi connectivity index (χ4n) is 2.57. The van der Waals surface area contributed by atoms with Crippen LogP contribution in [0.5, 0.6) is 0 Å². The molecular weight excluding hydrogens is 242 g/mol. The molecular formula is C15H21NO3. The van der Waals surface area contributed by atoms with Gasteiger partial charge in [-0.05, 0) is 25.9 Å². The SMILES string of the molecule is O=C(c1ccccc1)C1CCN(C[C@@H](O)CO)CC1. The third kappa shape index (κ3) is 3.86. The molecule has 1 aliphatic rings. The number of piperidine rings is 1. The normalized spacial score (nSPS) is 19.3. The average Bonchev–Trinajstić information content (AvgIpc) is 2.48. The molecule has 4 nitrogen and oxygen atoms in total. The Labute approximate surface area is 113 Å². The highest BCUT2D eigenvalue weighted by atomic mass is 16.3. The lowest BCUT2D eigenvalue weighted by molar-refractivity contribution is 0.0458. The smallest absolute Gasteiger partial charge is 0.166 e. The molecule has 0 amide bonds. The summed E-state index contributed by atoms with van der Waals surface area (Å²) < 4.78 is 0. The van der Waals surface area contributed by atoms with Crippen molar-refractivity contribution in [2.75, 3.05) is 26.2 Å². The first-order valence-electron chi connectivity index (χ1n) is 6.81. The predicted molar refractivity (Wildman–Crippen MR) is 73.0 cm³/mol. The van der Waals surface area contributed by atoms with Crippen molar-refractivity contribution >= 4 is 5.78 Å². The lowest BCUT2D eigenvalue weighted by Crippen LogP contribution is -2.41. The van der Waals surface area contributed by atoms with Crippen LogP contribution in [-0.2, 0) is 0 Å². The second kappa shape index (κ2) is 6.80. The highest BCUT2D eigenvalue weighted by Crippen LogP contribution is 2.21. The number of ketones is 1. The quantitative estimate of drug-likeness (QED) is 0.776. The number of carbonyl (C=O) groups is 1. The molecule has 0 aliphatic carbocycles. The monoisotopic (exact) mass is 263 g/mol. The number of hydrogen-bond acceptors (Lipinski definition) is 4. The molecule has 0 aromatic heterocycles. The minimum atomic E-state index is -0.679. The number of β-amino-alcohol motifs (C(OH)–C–C–N with tert-alkyl or cyclic N) is 1. The second-order valence-corrected chi connectivity index (χ2v) is 5.14. The van der Waals surface area contributed by atoms with E-state index in [2.05, 4.69) is 4.90 Å². The molecule has 0 spiro atoms. The molecule has 0 bridgehead atoms. The van der Waals surface area contributed by atoms with Gasteiger partial charge in [0.1, 0.15) is 0 Å². The minimum absolute atomic E-state index is 0.0879. The van der Waals surface area contributed by atoms with Crippen LogP contribution >= 0.6 is 0 Å². The first-order chi connectivity index (χ1) is 9.20. The summed E-state index contributed by atoms with van der Waals surface area (Å²) in [4.78, 5) is 14.4. The maximum absolute atomic E-state index is 12.3. The molecule has 1 atom stereocenters. The van der Waals surface area contributed by atoms with Crippen LogP contribution in [0, 0.1) is 5.92 Å². The molecule has 2 N–H and O–H groups in total. The van der Waals surface area contributed by atoms with Gasteiger partial charge in [-0.1, -0.05) is 30.3 Å². The average molecular weight is 263 g/mol. The first-order valence-corrected chi connectivity index (χ1v) is 6.81. The fourth-order valence-corrected chi connectivity index (χ4v) is 2.57. The van der Waals surface area contributed by atoms with Gasteiger partial charge in [0.25, 0.3) is 0 Å². The van der Waals surface area contributed by atoms with Crippen LogP contribution in [-0.4, -0.2) is 53.2 Å². The number of aliphatic hydroxyl groups excluding tert-OH is 2. The molecule has 1 aromatic rings. The minimum Gasteiger partial charge on any atom is -0.394 e. The van der Waals surface area contributed by atoms with Crippen LogP contribution in [0.2, 0.25) is 0 Å². The number of likely N-dealkylation sites (tertiary alicyclic amines) is 1. The van der Waals surface area contributed by atoms with E-state index < -0.39 is 6.10 Å². The Bertz CT molecular complexity index is 399. The molecule has 1 heterocycles. The first kappa shape index (κ1) is 14.2. The molecule has 1 saturated heterocycles. The number of carbonyl (C=O) groups excluding carboxylic acids is 1. The van der Waals surface area contributed by atoms with Crippen LogP contribution in [0.15, 0.2) is 30.3 Å². The van der Waals surface area contributed by atoms with Gasteiger partial charge in [-0.25, -0.2) is 0 Å². The van der Waals surface area contributed by atoms with E-state index in [0.717, 1.165) is 31.5 Å². The second-order valence-electron chi connectivity index (χ2n) is 5.14. The summed E-state index contributed by atoms with van der Waals surface area (Å²) in [6.45, 7) is 1.90. The Kier molecular flexibility index (Phi) is 5.07. The largest absolute Gasteiger partial charge is 0.394 e. The van der Waals surface area contributed by atoms with Crippen molar-refractivity contribution in [2.24, 2.45) is 5.92 Å². The van der Waals surface area contributed by atoms with Gasteiger partial charge in [0, 0.05) is 18.0 Å². The summed E-state index contributed by atoms with van der Waals surface area (Å²) in [5.41, 5.74) is 0.788. The van der Waals surface area contributed by atoms with Gasteiger partial charge in [0.15, 0.2) is 5.78 Å². The maximum Gasteiger partial charge on any atom is 0.166 e. The molecule has 0 saturated carbocycles. The Hall–Kier alpha value is -1.23. The van der Waals surface area contributed by atoms with E-state index in [0.29, 0.717) is 6.54 Å². The summed E-state index contributed by atoms with van der Waals surface area (Å²) in [6.07, 6.45) is 0.971. The zero-order chi connectivity index (χ0) is 13.7.